The quantitative estimate of drug-likeness (QED) is 0.232. The van der Waals surface area contributed by atoms with Gasteiger partial charge in [-0.25, -0.2) is 0 Å². The van der Waals surface area contributed by atoms with Crippen molar-refractivity contribution in [3.8, 4) is 34.3 Å². The molecule has 0 spiro atoms. The van der Waals surface area contributed by atoms with Crippen LogP contribution in [0.5, 0.6) is 23.0 Å². The summed E-state index contributed by atoms with van der Waals surface area (Å²) in [6.07, 6.45) is 9.88. The van der Waals surface area contributed by atoms with Crippen LogP contribution in [-0.2, 0) is 0 Å². The van der Waals surface area contributed by atoms with Gasteiger partial charge in [0.2, 0.25) is 16.9 Å². The first-order valence-corrected chi connectivity index (χ1v) is 13.7. The molecule has 0 amide bonds. The van der Waals surface area contributed by atoms with Crippen molar-refractivity contribution in [3.05, 3.63) is 46.1 Å². The summed E-state index contributed by atoms with van der Waals surface area (Å²) in [5.74, 6) is 2.68. The molecule has 0 aliphatic heterocycles. The lowest BCUT2D eigenvalue weighted by molar-refractivity contribution is 0.270. The lowest BCUT2D eigenvalue weighted by Crippen LogP contribution is -2.12. The molecule has 0 N–H and O–H groups in total. The number of benzene rings is 2. The van der Waals surface area contributed by atoms with E-state index in [2.05, 4.69) is 19.9 Å². The van der Waals surface area contributed by atoms with Crippen LogP contribution in [0, 0.1) is 0 Å². The number of ether oxygens (including phenoxy) is 4. The van der Waals surface area contributed by atoms with E-state index in [1.807, 2.05) is 24.3 Å². The number of rotatable bonds is 12. The van der Waals surface area contributed by atoms with Gasteiger partial charge in [0, 0.05) is 5.56 Å². The van der Waals surface area contributed by atoms with E-state index in [4.69, 9.17) is 23.4 Å². The molecule has 2 aromatic carbocycles. The lowest BCUT2D eigenvalue weighted by Gasteiger charge is -2.22. The van der Waals surface area contributed by atoms with Crippen LogP contribution in [0.2, 0.25) is 0 Å². The van der Waals surface area contributed by atoms with Gasteiger partial charge in [-0.1, -0.05) is 52.0 Å². The highest BCUT2D eigenvalue weighted by Crippen LogP contribution is 2.44. The van der Waals surface area contributed by atoms with Crippen LogP contribution < -0.4 is 24.4 Å². The Kier molecular flexibility index (Phi) is 9.37. The second-order valence-corrected chi connectivity index (χ2v) is 9.79. The molecule has 1 aliphatic carbocycles. The van der Waals surface area contributed by atoms with Crippen LogP contribution >= 0.6 is 0 Å². The van der Waals surface area contributed by atoms with Crippen molar-refractivity contribution in [1.29, 1.82) is 0 Å². The summed E-state index contributed by atoms with van der Waals surface area (Å²) in [7, 11) is 3.19. The fraction of sp³-hybridized carbons (Fsp3) is 0.516. The van der Waals surface area contributed by atoms with Crippen molar-refractivity contribution < 1.29 is 23.4 Å². The van der Waals surface area contributed by atoms with Gasteiger partial charge in [-0.3, -0.25) is 4.79 Å². The molecular formula is C31H40O6. The highest BCUT2D eigenvalue weighted by atomic mass is 16.5. The summed E-state index contributed by atoms with van der Waals surface area (Å²) >= 11 is 0. The Morgan fingerprint density at radius 1 is 0.838 bits per heavy atom. The van der Waals surface area contributed by atoms with Crippen LogP contribution in [0.15, 0.2) is 39.5 Å². The second kappa shape index (κ2) is 12.9. The SMILES string of the molecule is CCCCOc1c(OC)cc(-c2oc3cc(C4CCCCC4)ccc3c(=O)c2OCCCC)cc1OC. The molecule has 1 aromatic heterocycles. The largest absolute Gasteiger partial charge is 0.493 e. The summed E-state index contributed by atoms with van der Waals surface area (Å²) in [6.45, 7) is 5.20. The number of fused-ring (bicyclic) bond motifs is 1. The average Bonchev–Trinajstić information content (AvgIpc) is 2.94. The van der Waals surface area contributed by atoms with Gasteiger partial charge in [0.25, 0.3) is 0 Å². The van der Waals surface area contributed by atoms with Gasteiger partial charge in [-0.05, 0) is 61.4 Å². The van der Waals surface area contributed by atoms with Crippen molar-refractivity contribution in [2.24, 2.45) is 0 Å². The van der Waals surface area contributed by atoms with Crippen molar-refractivity contribution in [2.45, 2.75) is 77.6 Å². The molecular weight excluding hydrogens is 468 g/mol. The number of methoxy groups -OCH3 is 2. The minimum atomic E-state index is -0.163. The minimum Gasteiger partial charge on any atom is -0.493 e. The molecule has 6 nitrogen and oxygen atoms in total. The fourth-order valence-corrected chi connectivity index (χ4v) is 4.99. The van der Waals surface area contributed by atoms with Gasteiger partial charge in [0.15, 0.2) is 17.3 Å². The Balaban J connectivity index is 1.85. The third-order valence-electron chi connectivity index (χ3n) is 7.16. The first kappa shape index (κ1) is 26.9. The maximum atomic E-state index is 13.7. The highest BCUT2D eigenvalue weighted by Gasteiger charge is 2.23. The predicted octanol–water partition coefficient (Wildman–Crippen LogP) is 7.88. The van der Waals surface area contributed by atoms with E-state index in [0.717, 1.165) is 25.7 Å². The van der Waals surface area contributed by atoms with Crippen molar-refractivity contribution in [3.63, 3.8) is 0 Å². The molecule has 1 heterocycles. The van der Waals surface area contributed by atoms with Crippen LogP contribution in [0.1, 0.15) is 83.1 Å². The number of unbranched alkanes of at least 4 members (excludes halogenated alkanes) is 2. The summed E-state index contributed by atoms with van der Waals surface area (Å²) in [5, 5.41) is 0.535. The molecule has 4 rings (SSSR count). The van der Waals surface area contributed by atoms with Crippen LogP contribution in [-0.4, -0.2) is 27.4 Å². The first-order valence-electron chi connectivity index (χ1n) is 13.7. The maximum absolute atomic E-state index is 13.7. The molecule has 37 heavy (non-hydrogen) atoms. The third kappa shape index (κ3) is 6.06. The average molecular weight is 509 g/mol. The van der Waals surface area contributed by atoms with Crippen LogP contribution in [0.25, 0.3) is 22.3 Å². The monoisotopic (exact) mass is 508 g/mol. The smallest absolute Gasteiger partial charge is 0.235 e. The van der Waals surface area contributed by atoms with Crippen molar-refractivity contribution in [2.75, 3.05) is 27.4 Å². The summed E-state index contributed by atoms with van der Waals surface area (Å²) in [5.41, 5.74) is 2.29. The zero-order valence-corrected chi connectivity index (χ0v) is 22.7. The van der Waals surface area contributed by atoms with Crippen LogP contribution in [0.4, 0.5) is 0 Å². The molecule has 6 heteroatoms. The lowest BCUT2D eigenvalue weighted by atomic mass is 9.84. The van der Waals surface area contributed by atoms with Gasteiger partial charge in [0.05, 0.1) is 32.8 Å². The highest BCUT2D eigenvalue weighted by molar-refractivity contribution is 5.83. The third-order valence-corrected chi connectivity index (χ3v) is 7.16. The zero-order valence-electron chi connectivity index (χ0n) is 22.7. The first-order chi connectivity index (χ1) is 18.1. The summed E-state index contributed by atoms with van der Waals surface area (Å²) in [6, 6.07) is 9.67. The van der Waals surface area contributed by atoms with E-state index >= 15 is 0 Å². The molecule has 200 valence electrons. The molecule has 0 saturated heterocycles. The van der Waals surface area contributed by atoms with E-state index in [9.17, 15) is 4.79 Å². The van der Waals surface area contributed by atoms with E-state index in [1.54, 1.807) is 14.2 Å². The molecule has 1 fully saturated rings. The van der Waals surface area contributed by atoms with E-state index < -0.39 is 0 Å². The summed E-state index contributed by atoms with van der Waals surface area (Å²) < 4.78 is 29.9. The normalized spacial score (nSPS) is 14.1. The molecule has 0 radical (unpaired) electrons. The number of hydrogen-bond acceptors (Lipinski definition) is 6. The van der Waals surface area contributed by atoms with E-state index in [1.165, 1.54) is 37.7 Å². The standard InChI is InChI=1S/C31H40O6/c1-5-7-16-35-30-26(33-3)19-23(20-27(30)34-4)29-31(36-17-8-6-2)28(32)24-15-14-22(18-25(24)37-29)21-12-10-9-11-13-21/h14-15,18-21H,5-13,16-17H2,1-4H3. The van der Waals surface area contributed by atoms with Crippen molar-refractivity contribution >= 4 is 11.0 Å². The van der Waals surface area contributed by atoms with Gasteiger partial charge >= 0.3 is 0 Å². The Morgan fingerprint density at radius 2 is 1.46 bits per heavy atom. The van der Waals surface area contributed by atoms with Gasteiger partial charge in [-0.2, -0.15) is 0 Å². The molecule has 0 unspecified atom stereocenters. The van der Waals surface area contributed by atoms with Gasteiger partial charge in [0.1, 0.15) is 5.58 Å². The Bertz CT molecular complexity index is 1210. The zero-order chi connectivity index (χ0) is 26.2. The Labute approximate surface area is 219 Å². The summed E-state index contributed by atoms with van der Waals surface area (Å²) in [4.78, 5) is 13.7. The maximum Gasteiger partial charge on any atom is 0.235 e. The molecule has 1 saturated carbocycles. The molecule has 3 aromatic rings. The minimum absolute atomic E-state index is 0.163. The van der Waals surface area contributed by atoms with Gasteiger partial charge < -0.3 is 23.4 Å². The topological polar surface area (TPSA) is 67.1 Å². The van der Waals surface area contributed by atoms with Gasteiger partial charge in [-0.15, -0.1) is 0 Å². The van der Waals surface area contributed by atoms with E-state index in [-0.39, 0.29) is 11.2 Å². The van der Waals surface area contributed by atoms with Crippen molar-refractivity contribution in [1.82, 2.24) is 0 Å². The molecule has 1 aliphatic rings. The molecule has 0 atom stereocenters. The second-order valence-electron chi connectivity index (χ2n) is 9.79. The Hall–Kier alpha value is -3.15. The fourth-order valence-electron chi connectivity index (χ4n) is 4.99. The van der Waals surface area contributed by atoms with E-state index in [0.29, 0.717) is 58.7 Å². The predicted molar refractivity (Wildman–Crippen MR) is 148 cm³/mol. The Morgan fingerprint density at radius 3 is 2.05 bits per heavy atom. The van der Waals surface area contributed by atoms with Crippen LogP contribution in [0.3, 0.4) is 0 Å². The number of hydrogen-bond donors (Lipinski definition) is 0. The molecule has 0 bridgehead atoms.